The third-order valence-electron chi connectivity index (χ3n) is 2.98. The summed E-state index contributed by atoms with van der Waals surface area (Å²) >= 11 is 0. The van der Waals surface area contributed by atoms with Crippen LogP contribution in [0.3, 0.4) is 0 Å². The minimum atomic E-state index is -4.41. The molecule has 21 heavy (non-hydrogen) atoms. The third-order valence-corrected chi connectivity index (χ3v) is 2.98. The molecule has 0 aliphatic heterocycles. The third kappa shape index (κ3) is 4.73. The lowest BCUT2D eigenvalue weighted by molar-refractivity contribution is -0.385. The molecule has 0 spiro atoms. The van der Waals surface area contributed by atoms with Crippen molar-refractivity contribution in [1.29, 1.82) is 0 Å². The van der Waals surface area contributed by atoms with E-state index in [2.05, 4.69) is 5.32 Å². The Kier molecular flexibility index (Phi) is 5.28. The number of benzene rings is 1. The molecule has 0 fully saturated rings. The Bertz CT molecular complexity index is 544. The van der Waals surface area contributed by atoms with Gasteiger partial charge < -0.3 is 5.32 Å². The van der Waals surface area contributed by atoms with Crippen molar-refractivity contribution in [3.05, 3.63) is 39.4 Å². The van der Waals surface area contributed by atoms with E-state index < -0.39 is 35.2 Å². The largest absolute Gasteiger partial charge is 0.391 e. The van der Waals surface area contributed by atoms with Gasteiger partial charge in [-0.1, -0.05) is 19.1 Å². The highest BCUT2D eigenvalue weighted by Crippen LogP contribution is 2.25. The summed E-state index contributed by atoms with van der Waals surface area (Å²) in [6.45, 7) is 3.00. The number of alkyl halides is 3. The first kappa shape index (κ1) is 16.9. The molecular formula is C13H15F3N2O3. The van der Waals surface area contributed by atoms with Gasteiger partial charge in [-0.05, 0) is 18.9 Å². The summed E-state index contributed by atoms with van der Waals surface area (Å²) in [5.74, 6) is -0.865. The minimum Gasteiger partial charge on any atom is -0.349 e. The smallest absolute Gasteiger partial charge is 0.349 e. The van der Waals surface area contributed by atoms with Crippen LogP contribution in [0.1, 0.15) is 35.7 Å². The molecular weight excluding hydrogens is 289 g/mol. The lowest BCUT2D eigenvalue weighted by atomic mass is 10.0. The molecule has 8 heteroatoms. The Morgan fingerprint density at radius 1 is 1.43 bits per heavy atom. The first-order chi connectivity index (χ1) is 9.65. The van der Waals surface area contributed by atoms with Crippen LogP contribution in [0.5, 0.6) is 0 Å². The Morgan fingerprint density at radius 2 is 2.05 bits per heavy atom. The van der Waals surface area contributed by atoms with Crippen LogP contribution in [0.2, 0.25) is 0 Å². The van der Waals surface area contributed by atoms with E-state index >= 15 is 0 Å². The quantitative estimate of drug-likeness (QED) is 0.669. The maximum atomic E-state index is 12.4. The van der Waals surface area contributed by atoms with Gasteiger partial charge in [0.1, 0.15) is 5.56 Å². The molecule has 0 saturated carbocycles. The number of nitrogens with zero attached hydrogens (tertiary/aromatic N) is 1. The number of nitro groups is 1. The van der Waals surface area contributed by atoms with Crippen molar-refractivity contribution in [2.45, 2.75) is 38.9 Å². The van der Waals surface area contributed by atoms with Gasteiger partial charge in [-0.2, -0.15) is 13.2 Å². The predicted molar refractivity (Wildman–Crippen MR) is 70.1 cm³/mol. The van der Waals surface area contributed by atoms with Gasteiger partial charge in [-0.25, -0.2) is 0 Å². The second-order valence-electron chi connectivity index (χ2n) is 4.62. The number of carbonyl (C=O) groups is 1. The summed E-state index contributed by atoms with van der Waals surface area (Å²) in [4.78, 5) is 22.2. The van der Waals surface area contributed by atoms with Crippen molar-refractivity contribution in [1.82, 2.24) is 5.32 Å². The van der Waals surface area contributed by atoms with Gasteiger partial charge in [-0.15, -0.1) is 0 Å². The summed E-state index contributed by atoms with van der Waals surface area (Å²) < 4.78 is 37.1. The fraction of sp³-hybridized carbons (Fsp3) is 0.462. The Labute approximate surface area is 119 Å². The second-order valence-corrected chi connectivity index (χ2v) is 4.62. The molecule has 1 atom stereocenters. The standard InChI is InChI=1S/C13H15F3N2O3/c1-3-9(7-13(14,15)16)17-12(19)11-8(2)5-4-6-10(11)18(20)21/h4-6,9H,3,7H2,1-2H3,(H,17,19)/t9-/m0/s1. The van der Waals surface area contributed by atoms with E-state index in [9.17, 15) is 28.1 Å². The SMILES string of the molecule is CC[C@@H](CC(F)(F)F)NC(=O)c1c(C)cccc1[N+](=O)[O-]. The summed E-state index contributed by atoms with van der Waals surface area (Å²) in [7, 11) is 0. The molecule has 0 aromatic heterocycles. The average molecular weight is 304 g/mol. The highest BCUT2D eigenvalue weighted by atomic mass is 19.4. The molecule has 0 bridgehead atoms. The van der Waals surface area contributed by atoms with Crippen LogP contribution in [-0.4, -0.2) is 23.0 Å². The van der Waals surface area contributed by atoms with Crippen LogP contribution in [-0.2, 0) is 0 Å². The van der Waals surface area contributed by atoms with Gasteiger partial charge in [0.15, 0.2) is 0 Å². The van der Waals surface area contributed by atoms with Gasteiger partial charge in [0.25, 0.3) is 11.6 Å². The molecule has 0 radical (unpaired) electrons. The molecule has 5 nitrogen and oxygen atoms in total. The summed E-state index contributed by atoms with van der Waals surface area (Å²) in [6.07, 6.45) is -5.51. The fourth-order valence-electron chi connectivity index (χ4n) is 1.93. The van der Waals surface area contributed by atoms with Crippen LogP contribution < -0.4 is 5.32 Å². The number of hydrogen-bond acceptors (Lipinski definition) is 3. The number of halogens is 3. The van der Waals surface area contributed by atoms with Crippen molar-refractivity contribution >= 4 is 11.6 Å². The van der Waals surface area contributed by atoms with Crippen molar-refractivity contribution < 1.29 is 22.9 Å². The van der Waals surface area contributed by atoms with E-state index in [4.69, 9.17) is 0 Å². The first-order valence-electron chi connectivity index (χ1n) is 6.27. The van der Waals surface area contributed by atoms with Crippen molar-refractivity contribution in [3.8, 4) is 0 Å². The molecule has 1 amide bonds. The van der Waals surface area contributed by atoms with Gasteiger partial charge in [0, 0.05) is 12.1 Å². The molecule has 1 aromatic carbocycles. The highest BCUT2D eigenvalue weighted by Gasteiger charge is 2.33. The maximum Gasteiger partial charge on any atom is 0.391 e. The van der Waals surface area contributed by atoms with Crippen LogP contribution in [0.25, 0.3) is 0 Å². The zero-order chi connectivity index (χ0) is 16.2. The molecule has 1 N–H and O–H groups in total. The number of aryl methyl sites for hydroxylation is 1. The molecule has 0 aliphatic rings. The van der Waals surface area contributed by atoms with E-state index in [0.29, 0.717) is 5.56 Å². The molecule has 0 saturated heterocycles. The molecule has 0 unspecified atom stereocenters. The molecule has 116 valence electrons. The summed E-state index contributed by atoms with van der Waals surface area (Å²) in [6, 6.07) is 2.94. The van der Waals surface area contributed by atoms with E-state index in [-0.39, 0.29) is 12.0 Å². The minimum absolute atomic E-state index is 0.0743. The van der Waals surface area contributed by atoms with Crippen LogP contribution in [0.15, 0.2) is 18.2 Å². The molecule has 0 aliphatic carbocycles. The maximum absolute atomic E-state index is 12.4. The van der Waals surface area contributed by atoms with E-state index in [1.807, 2.05) is 0 Å². The van der Waals surface area contributed by atoms with Gasteiger partial charge in [-0.3, -0.25) is 14.9 Å². The zero-order valence-electron chi connectivity index (χ0n) is 11.5. The zero-order valence-corrected chi connectivity index (χ0v) is 11.5. The molecule has 0 heterocycles. The number of rotatable bonds is 5. The van der Waals surface area contributed by atoms with Gasteiger partial charge in [0.05, 0.1) is 11.3 Å². The fourth-order valence-corrected chi connectivity index (χ4v) is 1.93. The van der Waals surface area contributed by atoms with E-state index in [1.165, 1.54) is 26.0 Å². The van der Waals surface area contributed by atoms with Crippen LogP contribution in [0.4, 0.5) is 18.9 Å². The molecule has 1 rings (SSSR count). The van der Waals surface area contributed by atoms with E-state index in [0.717, 1.165) is 6.07 Å². The monoisotopic (exact) mass is 304 g/mol. The second kappa shape index (κ2) is 6.55. The van der Waals surface area contributed by atoms with E-state index in [1.54, 1.807) is 0 Å². The number of hydrogen-bond donors (Lipinski definition) is 1. The first-order valence-corrected chi connectivity index (χ1v) is 6.27. The van der Waals surface area contributed by atoms with Crippen molar-refractivity contribution in [2.24, 2.45) is 0 Å². The Morgan fingerprint density at radius 3 is 2.52 bits per heavy atom. The average Bonchev–Trinajstić information content (AvgIpc) is 2.35. The summed E-state index contributed by atoms with van der Waals surface area (Å²) in [5, 5.41) is 13.1. The highest BCUT2D eigenvalue weighted by molar-refractivity contribution is 5.99. The van der Waals surface area contributed by atoms with Gasteiger partial charge >= 0.3 is 6.18 Å². The predicted octanol–water partition coefficient (Wildman–Crippen LogP) is 3.36. The number of carbonyl (C=O) groups excluding carboxylic acids is 1. The topological polar surface area (TPSA) is 72.2 Å². The van der Waals surface area contributed by atoms with Crippen molar-refractivity contribution in [3.63, 3.8) is 0 Å². The lowest BCUT2D eigenvalue weighted by Gasteiger charge is -2.19. The molecule has 1 aromatic rings. The summed E-state index contributed by atoms with van der Waals surface area (Å²) in [5.41, 5.74) is -0.291. The number of nitro benzene ring substituents is 1. The van der Waals surface area contributed by atoms with Crippen LogP contribution in [0, 0.1) is 17.0 Å². The van der Waals surface area contributed by atoms with Crippen molar-refractivity contribution in [2.75, 3.05) is 0 Å². The Balaban J connectivity index is 3.01. The lowest BCUT2D eigenvalue weighted by Crippen LogP contribution is -2.38. The van der Waals surface area contributed by atoms with Crippen LogP contribution >= 0.6 is 0 Å². The van der Waals surface area contributed by atoms with Gasteiger partial charge in [0.2, 0.25) is 0 Å². The number of nitrogens with one attached hydrogen (secondary N) is 1. The Hall–Kier alpha value is -2.12. The normalized spacial score (nSPS) is 12.8. The number of amides is 1.